The Hall–Kier alpha value is -3.15. The molecule has 2 bridgehead atoms. The summed E-state index contributed by atoms with van der Waals surface area (Å²) in [4.78, 5) is 38.6. The van der Waals surface area contributed by atoms with Crippen molar-refractivity contribution in [2.45, 2.75) is 16.7 Å². The number of esters is 1. The molecule has 3 aliphatic carbocycles. The molecule has 0 N–H and O–H groups in total. The highest BCUT2D eigenvalue weighted by atomic mass is 35.5. The Labute approximate surface area is 206 Å². The van der Waals surface area contributed by atoms with Crippen molar-refractivity contribution in [2.75, 3.05) is 11.5 Å². The molecule has 1 aliphatic heterocycles. The van der Waals surface area contributed by atoms with Crippen molar-refractivity contribution in [3.8, 4) is 0 Å². The minimum absolute atomic E-state index is 0.254. The Balaban J connectivity index is 1.52. The van der Waals surface area contributed by atoms with Crippen molar-refractivity contribution in [1.29, 1.82) is 0 Å². The first-order chi connectivity index (χ1) is 16.3. The molecule has 0 unspecified atom stereocenters. The van der Waals surface area contributed by atoms with Gasteiger partial charge in [0.1, 0.15) is 9.75 Å². The first-order valence-electron chi connectivity index (χ1n) is 11.1. The van der Waals surface area contributed by atoms with E-state index in [-0.39, 0.29) is 6.61 Å². The number of alkyl halides is 2. The van der Waals surface area contributed by atoms with Crippen LogP contribution in [0.3, 0.4) is 0 Å². The van der Waals surface area contributed by atoms with Gasteiger partial charge in [-0.2, -0.15) is 0 Å². The van der Waals surface area contributed by atoms with E-state index in [1.807, 2.05) is 48.5 Å². The standard InChI is InChI=1S/C27H19Cl2NO4/c1-2-34-25(33)15-11-13-16(14-12-15)30-23(31)21-22(24(30)32)27(29)18-8-4-3-7-17(18)26(21,28)19-9-5-6-10-20(19)27/h3-14,21-22H,2H2,1H3/t21-,22-,26?,27?/m1/s1. The number of amides is 2. The predicted octanol–water partition coefficient (Wildman–Crippen LogP) is 4.96. The monoisotopic (exact) mass is 491 g/mol. The molecule has 3 aromatic carbocycles. The van der Waals surface area contributed by atoms with Gasteiger partial charge in [-0.25, -0.2) is 9.69 Å². The maximum Gasteiger partial charge on any atom is 0.338 e. The molecule has 1 heterocycles. The molecular weight excluding hydrogens is 473 g/mol. The molecule has 170 valence electrons. The summed E-state index contributed by atoms with van der Waals surface area (Å²) in [5.74, 6) is -3.00. The van der Waals surface area contributed by atoms with Crippen LogP contribution >= 0.6 is 23.2 Å². The van der Waals surface area contributed by atoms with Crippen LogP contribution < -0.4 is 4.90 Å². The third kappa shape index (κ3) is 2.44. The van der Waals surface area contributed by atoms with Crippen LogP contribution in [0, 0.1) is 11.8 Å². The minimum Gasteiger partial charge on any atom is -0.462 e. The van der Waals surface area contributed by atoms with E-state index in [1.165, 1.54) is 0 Å². The quantitative estimate of drug-likeness (QED) is 0.295. The van der Waals surface area contributed by atoms with Crippen LogP contribution in [-0.4, -0.2) is 24.4 Å². The summed E-state index contributed by atoms with van der Waals surface area (Å²) in [5, 5.41) is 0. The molecule has 3 aromatic rings. The van der Waals surface area contributed by atoms with Gasteiger partial charge in [0, 0.05) is 0 Å². The fourth-order valence-electron chi connectivity index (χ4n) is 5.88. The Morgan fingerprint density at radius 1 is 0.794 bits per heavy atom. The molecule has 1 fully saturated rings. The van der Waals surface area contributed by atoms with E-state index in [0.29, 0.717) is 11.3 Å². The Morgan fingerprint density at radius 2 is 1.21 bits per heavy atom. The molecule has 0 radical (unpaired) electrons. The first kappa shape index (κ1) is 21.4. The van der Waals surface area contributed by atoms with Crippen molar-refractivity contribution in [2.24, 2.45) is 11.8 Å². The van der Waals surface area contributed by atoms with Crippen LogP contribution in [0.5, 0.6) is 0 Å². The highest BCUT2D eigenvalue weighted by molar-refractivity contribution is 6.38. The van der Waals surface area contributed by atoms with Crippen molar-refractivity contribution < 1.29 is 19.1 Å². The lowest BCUT2D eigenvalue weighted by molar-refractivity contribution is -0.122. The average Bonchev–Trinajstić information content (AvgIpc) is 3.14. The van der Waals surface area contributed by atoms with Crippen LogP contribution in [0.2, 0.25) is 0 Å². The SMILES string of the molecule is CCOC(=O)c1ccc(N2C(=O)[C@H]3[C@H](C2=O)C2(Cl)c4ccccc4C3(Cl)c3ccccc32)cc1. The van der Waals surface area contributed by atoms with Gasteiger partial charge in [0.25, 0.3) is 0 Å². The highest BCUT2D eigenvalue weighted by Crippen LogP contribution is 2.69. The summed E-state index contributed by atoms with van der Waals surface area (Å²) in [7, 11) is 0. The average molecular weight is 492 g/mol. The number of rotatable bonds is 3. The molecule has 34 heavy (non-hydrogen) atoms. The summed E-state index contributed by atoms with van der Waals surface area (Å²) in [6.45, 7) is 1.98. The second-order valence-corrected chi connectivity index (χ2v) is 9.94. The van der Waals surface area contributed by atoms with Crippen molar-refractivity contribution in [1.82, 2.24) is 0 Å². The molecule has 2 atom stereocenters. The molecule has 5 nitrogen and oxygen atoms in total. The van der Waals surface area contributed by atoms with Crippen molar-refractivity contribution in [3.05, 3.63) is 101 Å². The van der Waals surface area contributed by atoms with Crippen LogP contribution in [0.25, 0.3) is 0 Å². The van der Waals surface area contributed by atoms with Crippen LogP contribution in [0.15, 0.2) is 72.8 Å². The van der Waals surface area contributed by atoms with Gasteiger partial charge in [0.2, 0.25) is 11.8 Å². The van der Waals surface area contributed by atoms with Crippen LogP contribution in [0.4, 0.5) is 5.69 Å². The van der Waals surface area contributed by atoms with E-state index in [1.54, 1.807) is 31.2 Å². The van der Waals surface area contributed by atoms with E-state index in [9.17, 15) is 14.4 Å². The van der Waals surface area contributed by atoms with Gasteiger partial charge in [-0.1, -0.05) is 48.5 Å². The van der Waals surface area contributed by atoms with Gasteiger partial charge in [0.15, 0.2) is 0 Å². The predicted molar refractivity (Wildman–Crippen MR) is 128 cm³/mol. The van der Waals surface area contributed by atoms with Gasteiger partial charge in [-0.15, -0.1) is 23.2 Å². The molecule has 0 aromatic heterocycles. The van der Waals surface area contributed by atoms with E-state index in [4.69, 9.17) is 27.9 Å². The Bertz CT molecular complexity index is 1260. The molecule has 2 amide bonds. The number of hydrogen-bond donors (Lipinski definition) is 0. The van der Waals surface area contributed by atoms with Crippen LogP contribution in [0.1, 0.15) is 39.5 Å². The number of imide groups is 1. The summed E-state index contributed by atoms with van der Waals surface area (Å²) >= 11 is 14.8. The highest BCUT2D eigenvalue weighted by Gasteiger charge is 2.73. The second-order valence-electron chi connectivity index (χ2n) is 8.75. The van der Waals surface area contributed by atoms with Gasteiger partial charge in [0.05, 0.1) is 29.7 Å². The number of ether oxygens (including phenoxy) is 1. The second kappa shape index (κ2) is 7.17. The summed E-state index contributed by atoms with van der Waals surface area (Å²) < 4.78 is 5.03. The van der Waals surface area contributed by atoms with Gasteiger partial charge in [-0.3, -0.25) is 9.59 Å². The third-order valence-corrected chi connectivity index (χ3v) is 8.51. The minimum atomic E-state index is -1.22. The van der Waals surface area contributed by atoms with E-state index < -0.39 is 39.4 Å². The zero-order valence-corrected chi connectivity index (χ0v) is 19.6. The molecule has 4 aliphatic rings. The molecule has 7 rings (SSSR count). The van der Waals surface area contributed by atoms with E-state index in [0.717, 1.165) is 27.2 Å². The van der Waals surface area contributed by atoms with Crippen LogP contribution in [-0.2, 0) is 24.1 Å². The number of halogens is 2. The molecule has 0 spiro atoms. The number of nitrogens with zero attached hydrogens (tertiary/aromatic N) is 1. The first-order valence-corrected chi connectivity index (χ1v) is 11.8. The molecular formula is C27H19Cl2NO4. The number of anilines is 1. The van der Waals surface area contributed by atoms with Gasteiger partial charge in [-0.05, 0) is 53.4 Å². The van der Waals surface area contributed by atoms with Gasteiger partial charge < -0.3 is 4.74 Å². The largest absolute Gasteiger partial charge is 0.462 e. The van der Waals surface area contributed by atoms with Crippen molar-refractivity contribution in [3.63, 3.8) is 0 Å². The van der Waals surface area contributed by atoms with Crippen molar-refractivity contribution >= 4 is 46.7 Å². The van der Waals surface area contributed by atoms with E-state index in [2.05, 4.69) is 0 Å². The Kier molecular flexibility index (Phi) is 4.51. The number of hydrogen-bond acceptors (Lipinski definition) is 4. The summed E-state index contributed by atoms with van der Waals surface area (Å²) in [5.41, 5.74) is 3.73. The number of benzene rings is 3. The fourth-order valence-corrected chi connectivity index (χ4v) is 6.98. The van der Waals surface area contributed by atoms with E-state index >= 15 is 0 Å². The summed E-state index contributed by atoms with van der Waals surface area (Å²) in [6.07, 6.45) is 0. The van der Waals surface area contributed by atoms with Gasteiger partial charge >= 0.3 is 5.97 Å². The smallest absolute Gasteiger partial charge is 0.338 e. The molecule has 0 saturated carbocycles. The summed E-state index contributed by atoms with van der Waals surface area (Å²) in [6, 6.07) is 21.3. The lowest BCUT2D eigenvalue weighted by atomic mass is 9.54. The maximum absolute atomic E-state index is 13.9. The number of carbonyl (C=O) groups is 3. The normalized spacial score (nSPS) is 28.4. The fraction of sp³-hybridized carbons (Fsp3) is 0.222. The zero-order chi connectivity index (χ0) is 23.8. The molecule has 7 heteroatoms. The zero-order valence-electron chi connectivity index (χ0n) is 18.1. The molecule has 1 saturated heterocycles. The number of carbonyl (C=O) groups excluding carboxylic acids is 3. The maximum atomic E-state index is 13.9. The third-order valence-electron chi connectivity index (χ3n) is 7.22. The lowest BCUT2D eigenvalue weighted by Gasteiger charge is -2.54. The Morgan fingerprint density at radius 3 is 1.59 bits per heavy atom. The topological polar surface area (TPSA) is 63.7 Å². The lowest BCUT2D eigenvalue weighted by Crippen LogP contribution is -2.57.